The normalized spacial score (nSPS) is 32.6. The molecule has 4 aliphatic rings. The third kappa shape index (κ3) is 4.13. The Morgan fingerprint density at radius 2 is 1.62 bits per heavy atom. The van der Waals surface area contributed by atoms with Gasteiger partial charge in [0.15, 0.2) is 0 Å². The second-order valence-corrected chi connectivity index (χ2v) is 8.74. The zero-order valence-electron chi connectivity index (χ0n) is 15.2. The molecule has 0 spiro atoms. The third-order valence-corrected chi connectivity index (χ3v) is 6.90. The van der Waals surface area contributed by atoms with E-state index < -0.39 is 0 Å². The Morgan fingerprint density at radius 1 is 0.875 bits per heavy atom. The molecule has 2 aliphatic heterocycles. The van der Waals surface area contributed by atoms with Crippen LogP contribution in [0.1, 0.15) is 64.2 Å². The molecule has 4 fully saturated rings. The van der Waals surface area contributed by atoms with E-state index in [0.29, 0.717) is 24.5 Å². The van der Waals surface area contributed by atoms with E-state index in [-0.39, 0.29) is 0 Å². The van der Waals surface area contributed by atoms with E-state index in [2.05, 4.69) is 15.1 Å². The minimum atomic E-state index is 0.413. The van der Waals surface area contributed by atoms with E-state index in [0.717, 1.165) is 31.5 Å². The number of piperidine rings is 2. The van der Waals surface area contributed by atoms with Crippen molar-refractivity contribution in [2.45, 2.75) is 76.3 Å². The molecule has 4 heteroatoms. The van der Waals surface area contributed by atoms with Crippen LogP contribution in [-0.2, 0) is 4.79 Å². The summed E-state index contributed by atoms with van der Waals surface area (Å²) < 4.78 is 0. The molecular weight excluding hydrogens is 298 g/mol. The predicted molar refractivity (Wildman–Crippen MR) is 96.9 cm³/mol. The first-order valence-corrected chi connectivity index (χ1v) is 10.5. The minimum Gasteiger partial charge on any atom is -0.338 e. The van der Waals surface area contributed by atoms with E-state index in [4.69, 9.17) is 0 Å². The van der Waals surface area contributed by atoms with E-state index in [1.54, 1.807) is 0 Å². The fourth-order valence-electron chi connectivity index (χ4n) is 5.17. The molecule has 4 nitrogen and oxygen atoms in total. The van der Waals surface area contributed by atoms with E-state index in [9.17, 15) is 4.79 Å². The first kappa shape index (κ1) is 16.8. The van der Waals surface area contributed by atoms with Crippen molar-refractivity contribution in [1.82, 2.24) is 15.1 Å². The lowest BCUT2D eigenvalue weighted by Gasteiger charge is -2.45. The van der Waals surface area contributed by atoms with Gasteiger partial charge in [-0.05, 0) is 69.7 Å². The van der Waals surface area contributed by atoms with Crippen LogP contribution in [-0.4, -0.2) is 60.5 Å². The van der Waals surface area contributed by atoms with Gasteiger partial charge in [0, 0.05) is 31.7 Å². The summed E-state index contributed by atoms with van der Waals surface area (Å²) in [4.78, 5) is 17.6. The zero-order valence-corrected chi connectivity index (χ0v) is 15.2. The molecule has 2 saturated carbocycles. The Morgan fingerprint density at radius 3 is 2.42 bits per heavy atom. The summed E-state index contributed by atoms with van der Waals surface area (Å²) in [7, 11) is 0. The Labute approximate surface area is 147 Å². The van der Waals surface area contributed by atoms with Crippen LogP contribution in [0.4, 0.5) is 0 Å². The van der Waals surface area contributed by atoms with E-state index >= 15 is 0 Å². The Kier molecular flexibility index (Phi) is 5.43. The molecule has 0 radical (unpaired) electrons. The number of likely N-dealkylation sites (tertiary alicyclic amines) is 2. The highest BCUT2D eigenvalue weighted by molar-refractivity contribution is 5.78. The number of nitrogens with zero attached hydrogens (tertiary/aromatic N) is 2. The van der Waals surface area contributed by atoms with Crippen molar-refractivity contribution in [3.63, 3.8) is 0 Å². The molecule has 0 aromatic heterocycles. The monoisotopic (exact) mass is 333 g/mol. The lowest BCUT2D eigenvalue weighted by atomic mass is 9.78. The first-order valence-electron chi connectivity index (χ1n) is 10.5. The zero-order chi connectivity index (χ0) is 16.4. The van der Waals surface area contributed by atoms with Crippen LogP contribution in [0.25, 0.3) is 0 Å². The van der Waals surface area contributed by atoms with Crippen molar-refractivity contribution in [3.8, 4) is 0 Å². The van der Waals surface area contributed by atoms with Crippen LogP contribution < -0.4 is 5.32 Å². The number of hydrogen-bond acceptors (Lipinski definition) is 3. The van der Waals surface area contributed by atoms with Crippen LogP contribution in [0.15, 0.2) is 0 Å². The predicted octanol–water partition coefficient (Wildman–Crippen LogP) is 2.63. The molecule has 136 valence electrons. The quantitative estimate of drug-likeness (QED) is 0.840. The highest BCUT2D eigenvalue weighted by Crippen LogP contribution is 2.35. The molecule has 2 saturated heterocycles. The smallest absolute Gasteiger partial charge is 0.237 e. The summed E-state index contributed by atoms with van der Waals surface area (Å²) in [6.45, 7) is 5.09. The second kappa shape index (κ2) is 7.74. The maximum Gasteiger partial charge on any atom is 0.237 e. The van der Waals surface area contributed by atoms with Gasteiger partial charge < -0.3 is 10.2 Å². The molecule has 2 heterocycles. The summed E-state index contributed by atoms with van der Waals surface area (Å²) in [5.74, 6) is 2.18. The van der Waals surface area contributed by atoms with E-state index in [1.165, 1.54) is 70.8 Å². The fourth-order valence-corrected chi connectivity index (χ4v) is 5.17. The molecule has 1 N–H and O–H groups in total. The van der Waals surface area contributed by atoms with Crippen molar-refractivity contribution in [2.75, 3.05) is 32.7 Å². The summed E-state index contributed by atoms with van der Waals surface area (Å²) in [5, 5.41) is 3.74. The van der Waals surface area contributed by atoms with Gasteiger partial charge in [0.05, 0.1) is 6.54 Å². The van der Waals surface area contributed by atoms with Gasteiger partial charge in [-0.3, -0.25) is 9.69 Å². The van der Waals surface area contributed by atoms with Crippen molar-refractivity contribution in [1.29, 1.82) is 0 Å². The lowest BCUT2D eigenvalue weighted by Crippen LogP contribution is -2.53. The number of amides is 1. The molecule has 2 unspecified atom stereocenters. The molecule has 2 atom stereocenters. The summed E-state index contributed by atoms with van der Waals surface area (Å²) in [6.07, 6.45) is 13.2. The molecular formula is C20H35N3O. The summed E-state index contributed by atoms with van der Waals surface area (Å²) in [6, 6.07) is 1.26. The third-order valence-electron chi connectivity index (χ3n) is 6.90. The molecule has 2 aliphatic carbocycles. The molecule has 1 amide bonds. The van der Waals surface area contributed by atoms with Gasteiger partial charge >= 0.3 is 0 Å². The van der Waals surface area contributed by atoms with Crippen molar-refractivity contribution in [3.05, 3.63) is 0 Å². The van der Waals surface area contributed by atoms with Gasteiger partial charge in [-0.25, -0.2) is 0 Å². The topological polar surface area (TPSA) is 35.6 Å². The van der Waals surface area contributed by atoms with Crippen molar-refractivity contribution in [2.24, 2.45) is 11.8 Å². The van der Waals surface area contributed by atoms with Gasteiger partial charge in [0.2, 0.25) is 5.91 Å². The van der Waals surface area contributed by atoms with Crippen LogP contribution in [0.3, 0.4) is 0 Å². The Balaban J connectivity index is 1.22. The minimum absolute atomic E-state index is 0.413. The highest BCUT2D eigenvalue weighted by atomic mass is 16.2. The van der Waals surface area contributed by atoms with Crippen LogP contribution in [0.2, 0.25) is 0 Å². The number of fused-ring (bicyclic) bond motifs is 1. The average Bonchev–Trinajstić information content (AvgIpc) is 3.45. The largest absolute Gasteiger partial charge is 0.338 e. The maximum absolute atomic E-state index is 12.9. The highest BCUT2D eigenvalue weighted by Gasteiger charge is 2.36. The standard InChI is InChI=1S/C20H35N3O/c24-20(23-11-3-5-17-4-1-2-6-19(17)23)15-22-12-9-18(10-13-22)21-14-16-7-8-16/h16-19,21H,1-15H2. The summed E-state index contributed by atoms with van der Waals surface area (Å²) >= 11 is 0. The van der Waals surface area contributed by atoms with Crippen LogP contribution >= 0.6 is 0 Å². The Hall–Kier alpha value is -0.610. The molecule has 24 heavy (non-hydrogen) atoms. The van der Waals surface area contributed by atoms with Gasteiger partial charge in [0.1, 0.15) is 0 Å². The van der Waals surface area contributed by atoms with Gasteiger partial charge in [-0.2, -0.15) is 0 Å². The Bertz CT molecular complexity index is 427. The van der Waals surface area contributed by atoms with Gasteiger partial charge in [0.25, 0.3) is 0 Å². The average molecular weight is 334 g/mol. The van der Waals surface area contributed by atoms with Crippen molar-refractivity contribution >= 4 is 5.91 Å². The van der Waals surface area contributed by atoms with Gasteiger partial charge in [-0.15, -0.1) is 0 Å². The van der Waals surface area contributed by atoms with E-state index in [1.807, 2.05) is 0 Å². The number of hydrogen-bond donors (Lipinski definition) is 1. The number of rotatable bonds is 5. The molecule has 4 rings (SSSR count). The molecule has 0 aromatic rings. The van der Waals surface area contributed by atoms with Gasteiger partial charge in [-0.1, -0.05) is 12.8 Å². The molecule has 0 bridgehead atoms. The lowest BCUT2D eigenvalue weighted by molar-refractivity contribution is -0.139. The first-order chi connectivity index (χ1) is 11.8. The number of carbonyl (C=O) groups is 1. The summed E-state index contributed by atoms with van der Waals surface area (Å²) in [5.41, 5.74) is 0. The maximum atomic E-state index is 12.9. The van der Waals surface area contributed by atoms with Crippen LogP contribution in [0.5, 0.6) is 0 Å². The fraction of sp³-hybridized carbons (Fsp3) is 0.950. The van der Waals surface area contributed by atoms with Crippen LogP contribution in [0, 0.1) is 11.8 Å². The molecule has 0 aromatic carbocycles. The SMILES string of the molecule is O=C(CN1CCC(NCC2CC2)CC1)N1CCCC2CCCCC21. The number of nitrogens with one attached hydrogen (secondary N) is 1. The second-order valence-electron chi connectivity index (χ2n) is 8.74. The van der Waals surface area contributed by atoms with Crippen molar-refractivity contribution < 1.29 is 4.79 Å². The number of carbonyl (C=O) groups excluding carboxylic acids is 1.